The number of nitro benzene ring substituents is 1. The molecule has 0 spiro atoms. The van der Waals surface area contributed by atoms with Gasteiger partial charge in [-0.3, -0.25) is 14.9 Å². The molecule has 2 heterocycles. The quantitative estimate of drug-likeness (QED) is 0.351. The number of rotatable bonds is 7. The maximum absolute atomic E-state index is 12.1. The monoisotopic (exact) mass is 420 g/mol. The zero-order valence-corrected chi connectivity index (χ0v) is 16.6. The van der Waals surface area contributed by atoms with E-state index in [-0.39, 0.29) is 12.2 Å². The Morgan fingerprint density at radius 1 is 1.19 bits per heavy atom. The number of hydrogen-bond donors (Lipinski definition) is 1. The number of tetrazole rings is 1. The van der Waals surface area contributed by atoms with Crippen molar-refractivity contribution in [2.75, 3.05) is 18.0 Å². The average molecular weight is 420 g/mol. The van der Waals surface area contributed by atoms with Crippen molar-refractivity contribution in [2.24, 2.45) is 5.10 Å². The van der Waals surface area contributed by atoms with Crippen LogP contribution in [-0.4, -0.2) is 50.3 Å². The standard InChI is InChI=1S/C20H20N8O3/c29-19(14-27-24-20(23-25-27)16-6-2-1-3-7-16)22-21-13-15-8-9-17(18(12-15)28(30)31)26-10-4-5-11-26/h1-3,6-9,12-13H,4-5,10-11,14H2,(H,22,29)/b21-13+. The van der Waals surface area contributed by atoms with Crippen LogP contribution >= 0.6 is 0 Å². The Kier molecular flexibility index (Phi) is 5.92. The molecule has 4 rings (SSSR count). The highest BCUT2D eigenvalue weighted by Gasteiger charge is 2.22. The third-order valence-corrected chi connectivity index (χ3v) is 4.82. The van der Waals surface area contributed by atoms with Gasteiger partial charge in [0.2, 0.25) is 5.82 Å². The Balaban J connectivity index is 1.37. The van der Waals surface area contributed by atoms with Gasteiger partial charge in [-0.1, -0.05) is 36.4 Å². The first-order chi connectivity index (χ1) is 15.1. The highest BCUT2D eigenvalue weighted by atomic mass is 16.6. The van der Waals surface area contributed by atoms with E-state index < -0.39 is 10.8 Å². The lowest BCUT2D eigenvalue weighted by molar-refractivity contribution is -0.384. The summed E-state index contributed by atoms with van der Waals surface area (Å²) in [7, 11) is 0. The first-order valence-corrected chi connectivity index (χ1v) is 9.79. The van der Waals surface area contributed by atoms with Crippen LogP contribution in [0, 0.1) is 10.1 Å². The van der Waals surface area contributed by atoms with Gasteiger partial charge in [0.15, 0.2) is 0 Å². The summed E-state index contributed by atoms with van der Waals surface area (Å²) in [4.78, 5) is 26.3. The predicted molar refractivity (Wildman–Crippen MR) is 114 cm³/mol. The van der Waals surface area contributed by atoms with E-state index in [0.717, 1.165) is 31.5 Å². The molecular weight excluding hydrogens is 400 g/mol. The lowest BCUT2D eigenvalue weighted by Crippen LogP contribution is -2.24. The molecule has 0 atom stereocenters. The van der Waals surface area contributed by atoms with E-state index in [2.05, 4.69) is 25.9 Å². The third-order valence-electron chi connectivity index (χ3n) is 4.82. The number of anilines is 1. The first-order valence-electron chi connectivity index (χ1n) is 9.79. The highest BCUT2D eigenvalue weighted by molar-refractivity contribution is 5.84. The van der Waals surface area contributed by atoms with Crippen LogP contribution in [0.5, 0.6) is 0 Å². The molecule has 1 aliphatic heterocycles. The Morgan fingerprint density at radius 3 is 2.71 bits per heavy atom. The van der Waals surface area contributed by atoms with Crippen LogP contribution < -0.4 is 10.3 Å². The summed E-state index contributed by atoms with van der Waals surface area (Å²) in [5, 5.41) is 27.3. The normalized spacial score (nSPS) is 13.6. The predicted octanol–water partition coefficient (Wildman–Crippen LogP) is 2.00. The van der Waals surface area contributed by atoms with Crippen LogP contribution in [0.25, 0.3) is 11.4 Å². The van der Waals surface area contributed by atoms with E-state index in [1.54, 1.807) is 12.1 Å². The molecule has 1 amide bonds. The molecule has 0 bridgehead atoms. The number of amides is 1. The lowest BCUT2D eigenvalue weighted by Gasteiger charge is -2.17. The Hall–Kier alpha value is -4.15. The number of hydrogen-bond acceptors (Lipinski definition) is 8. The number of carbonyl (C=O) groups excluding carboxylic acids is 1. The maximum Gasteiger partial charge on any atom is 0.293 e. The van der Waals surface area contributed by atoms with Crippen molar-refractivity contribution in [1.82, 2.24) is 25.6 Å². The van der Waals surface area contributed by atoms with Crippen molar-refractivity contribution >= 4 is 23.5 Å². The molecule has 158 valence electrons. The summed E-state index contributed by atoms with van der Waals surface area (Å²) in [5.74, 6) is -0.0289. The van der Waals surface area contributed by atoms with Gasteiger partial charge in [0.25, 0.3) is 11.6 Å². The van der Waals surface area contributed by atoms with E-state index in [1.165, 1.54) is 17.1 Å². The fourth-order valence-electron chi connectivity index (χ4n) is 3.35. The van der Waals surface area contributed by atoms with E-state index in [9.17, 15) is 14.9 Å². The second-order valence-corrected chi connectivity index (χ2v) is 7.00. The van der Waals surface area contributed by atoms with Gasteiger partial charge >= 0.3 is 0 Å². The Morgan fingerprint density at radius 2 is 1.97 bits per heavy atom. The molecule has 2 aromatic carbocycles. The van der Waals surface area contributed by atoms with Gasteiger partial charge < -0.3 is 4.90 Å². The average Bonchev–Trinajstić information content (AvgIpc) is 3.47. The van der Waals surface area contributed by atoms with E-state index in [0.29, 0.717) is 17.1 Å². The Labute approximate surface area is 177 Å². The molecule has 11 heteroatoms. The van der Waals surface area contributed by atoms with Gasteiger partial charge in [-0.2, -0.15) is 9.90 Å². The molecule has 1 aromatic heterocycles. The van der Waals surface area contributed by atoms with E-state index in [1.807, 2.05) is 35.2 Å². The van der Waals surface area contributed by atoms with Crippen molar-refractivity contribution in [3.05, 3.63) is 64.2 Å². The summed E-state index contributed by atoms with van der Waals surface area (Å²) in [5.41, 5.74) is 4.31. The number of nitrogens with zero attached hydrogens (tertiary/aromatic N) is 7. The molecule has 3 aromatic rings. The van der Waals surface area contributed by atoms with Gasteiger partial charge in [0.05, 0.1) is 11.1 Å². The van der Waals surface area contributed by atoms with Crippen molar-refractivity contribution in [2.45, 2.75) is 19.4 Å². The van der Waals surface area contributed by atoms with Crippen LogP contribution in [-0.2, 0) is 11.3 Å². The molecule has 1 fully saturated rings. The van der Waals surface area contributed by atoms with Crippen LogP contribution in [0.4, 0.5) is 11.4 Å². The van der Waals surface area contributed by atoms with Crippen LogP contribution in [0.1, 0.15) is 18.4 Å². The third kappa shape index (κ3) is 4.89. The van der Waals surface area contributed by atoms with Gasteiger partial charge in [-0.15, -0.1) is 10.2 Å². The van der Waals surface area contributed by atoms with Crippen LogP contribution in [0.2, 0.25) is 0 Å². The van der Waals surface area contributed by atoms with Gasteiger partial charge in [-0.05, 0) is 24.1 Å². The van der Waals surface area contributed by atoms with Gasteiger partial charge in [0, 0.05) is 30.3 Å². The molecule has 11 nitrogen and oxygen atoms in total. The summed E-state index contributed by atoms with van der Waals surface area (Å²) in [6.07, 6.45) is 3.42. The molecule has 0 saturated carbocycles. The molecule has 1 N–H and O–H groups in total. The molecule has 1 aliphatic rings. The Bertz CT molecular complexity index is 1110. The first kappa shape index (κ1) is 20.1. The van der Waals surface area contributed by atoms with Crippen molar-refractivity contribution in [1.29, 1.82) is 0 Å². The van der Waals surface area contributed by atoms with Crippen molar-refractivity contribution in [3.8, 4) is 11.4 Å². The number of hydrazone groups is 1. The fraction of sp³-hybridized carbons (Fsp3) is 0.250. The number of carbonyl (C=O) groups is 1. The summed E-state index contributed by atoms with van der Waals surface area (Å²) in [6, 6.07) is 14.2. The zero-order chi connectivity index (χ0) is 21.6. The number of benzene rings is 2. The number of nitro groups is 1. The minimum absolute atomic E-state index is 0.0254. The second-order valence-electron chi connectivity index (χ2n) is 7.00. The minimum atomic E-state index is -0.448. The number of aromatic nitrogens is 4. The second kappa shape index (κ2) is 9.11. The topological polar surface area (TPSA) is 131 Å². The fourth-order valence-corrected chi connectivity index (χ4v) is 3.35. The molecule has 31 heavy (non-hydrogen) atoms. The summed E-state index contributed by atoms with van der Waals surface area (Å²) >= 11 is 0. The smallest absolute Gasteiger partial charge is 0.293 e. The summed E-state index contributed by atoms with van der Waals surface area (Å²) in [6.45, 7) is 1.46. The highest BCUT2D eigenvalue weighted by Crippen LogP contribution is 2.31. The zero-order valence-electron chi connectivity index (χ0n) is 16.6. The van der Waals surface area contributed by atoms with Crippen LogP contribution in [0.15, 0.2) is 53.6 Å². The maximum atomic E-state index is 12.1. The molecule has 0 aliphatic carbocycles. The molecule has 1 saturated heterocycles. The lowest BCUT2D eigenvalue weighted by atomic mass is 10.1. The van der Waals surface area contributed by atoms with Gasteiger partial charge in [0.1, 0.15) is 12.2 Å². The largest absolute Gasteiger partial charge is 0.366 e. The molecule has 0 radical (unpaired) electrons. The van der Waals surface area contributed by atoms with E-state index >= 15 is 0 Å². The number of nitrogens with one attached hydrogen (secondary N) is 1. The summed E-state index contributed by atoms with van der Waals surface area (Å²) < 4.78 is 0. The van der Waals surface area contributed by atoms with E-state index in [4.69, 9.17) is 0 Å². The molecular formula is C20H20N8O3. The van der Waals surface area contributed by atoms with Crippen molar-refractivity contribution in [3.63, 3.8) is 0 Å². The molecule has 0 unspecified atom stereocenters. The van der Waals surface area contributed by atoms with Gasteiger partial charge in [-0.25, -0.2) is 5.43 Å². The van der Waals surface area contributed by atoms with Crippen molar-refractivity contribution < 1.29 is 9.72 Å². The SMILES string of the molecule is O=C(Cn1nnc(-c2ccccc2)n1)N/N=C/c1ccc(N2CCCC2)c([N+](=O)[O-])c1. The minimum Gasteiger partial charge on any atom is -0.366 e. The van der Waals surface area contributed by atoms with Crippen LogP contribution in [0.3, 0.4) is 0 Å².